The number of rotatable bonds is 3. The molecule has 0 saturated carbocycles. The molecule has 14 heavy (non-hydrogen) atoms. The molecule has 78 valence electrons. The van der Waals surface area contributed by atoms with Crippen molar-refractivity contribution in [1.29, 1.82) is 0 Å². The minimum absolute atomic E-state index is 0.0554. The maximum Gasteiger partial charge on any atom is 0.163 e. The summed E-state index contributed by atoms with van der Waals surface area (Å²) in [5, 5.41) is 8.54. The summed E-state index contributed by atoms with van der Waals surface area (Å²) >= 11 is 0. The van der Waals surface area contributed by atoms with E-state index in [4.69, 9.17) is 10.8 Å². The molecule has 0 amide bonds. The van der Waals surface area contributed by atoms with Crippen molar-refractivity contribution >= 4 is 0 Å². The van der Waals surface area contributed by atoms with Crippen LogP contribution < -0.4 is 5.73 Å². The number of hydrogen-bond acceptors (Lipinski definition) is 2. The Kier molecular flexibility index (Phi) is 3.49. The molecule has 0 radical (unpaired) electrons. The molecule has 2 nitrogen and oxygen atoms in total. The molecule has 0 unspecified atom stereocenters. The van der Waals surface area contributed by atoms with Crippen LogP contribution in [0.5, 0.6) is 0 Å². The minimum Gasteiger partial charge on any atom is -0.396 e. The lowest BCUT2D eigenvalue weighted by Crippen LogP contribution is -2.15. The Hall–Kier alpha value is -1.07. The summed E-state index contributed by atoms with van der Waals surface area (Å²) in [5.74, 6) is -3.31. The Morgan fingerprint density at radius 3 is 2.50 bits per heavy atom. The van der Waals surface area contributed by atoms with Crippen LogP contribution in [0.15, 0.2) is 12.1 Å². The highest BCUT2D eigenvalue weighted by Gasteiger charge is 2.16. The van der Waals surface area contributed by atoms with Crippen molar-refractivity contribution in [3.63, 3.8) is 0 Å². The first-order valence-electron chi connectivity index (χ1n) is 4.07. The lowest BCUT2D eigenvalue weighted by molar-refractivity contribution is 0.275. The average Bonchev–Trinajstić information content (AvgIpc) is 2.11. The number of nitrogens with two attached hydrogens (primary N) is 1. The smallest absolute Gasteiger partial charge is 0.163 e. The van der Waals surface area contributed by atoms with Crippen molar-refractivity contribution < 1.29 is 18.3 Å². The molecule has 1 aromatic carbocycles. The Balaban J connectivity index is 3.07. The van der Waals surface area contributed by atoms with E-state index in [9.17, 15) is 13.2 Å². The summed E-state index contributed by atoms with van der Waals surface area (Å²) in [4.78, 5) is 0. The number of halogens is 3. The van der Waals surface area contributed by atoms with E-state index < -0.39 is 23.5 Å². The van der Waals surface area contributed by atoms with Gasteiger partial charge in [-0.3, -0.25) is 0 Å². The fraction of sp³-hybridized carbons (Fsp3) is 0.333. The first-order valence-corrected chi connectivity index (χ1v) is 4.07. The fourth-order valence-electron chi connectivity index (χ4n) is 1.14. The number of hydrogen-bond donors (Lipinski definition) is 2. The highest BCUT2D eigenvalue weighted by atomic mass is 19.2. The summed E-state index contributed by atoms with van der Waals surface area (Å²) in [7, 11) is 0. The molecule has 0 aliphatic carbocycles. The predicted octanol–water partition coefficient (Wildman–Crippen LogP) is 1.49. The highest BCUT2D eigenvalue weighted by Crippen LogP contribution is 2.21. The van der Waals surface area contributed by atoms with E-state index in [1.165, 1.54) is 0 Å². The zero-order valence-corrected chi connectivity index (χ0v) is 7.30. The quantitative estimate of drug-likeness (QED) is 0.734. The molecule has 0 aliphatic heterocycles. The van der Waals surface area contributed by atoms with Crippen molar-refractivity contribution in [2.45, 2.75) is 12.5 Å². The monoisotopic (exact) mass is 205 g/mol. The zero-order valence-electron chi connectivity index (χ0n) is 7.30. The van der Waals surface area contributed by atoms with E-state index in [-0.39, 0.29) is 18.6 Å². The second-order valence-corrected chi connectivity index (χ2v) is 2.91. The lowest BCUT2D eigenvalue weighted by Gasteiger charge is -2.11. The minimum atomic E-state index is -1.27. The van der Waals surface area contributed by atoms with Gasteiger partial charge in [0.05, 0.1) is 0 Å². The Morgan fingerprint density at radius 1 is 1.29 bits per heavy atom. The Labute approximate surface area is 79.2 Å². The van der Waals surface area contributed by atoms with Gasteiger partial charge in [0, 0.05) is 24.3 Å². The van der Waals surface area contributed by atoms with Crippen molar-refractivity contribution in [1.82, 2.24) is 0 Å². The fourth-order valence-corrected chi connectivity index (χ4v) is 1.14. The Bertz CT molecular complexity index is 330. The first-order chi connectivity index (χ1) is 6.56. The molecular formula is C9H10F3NO. The molecule has 0 heterocycles. The van der Waals surface area contributed by atoms with Gasteiger partial charge >= 0.3 is 0 Å². The van der Waals surface area contributed by atoms with Crippen LogP contribution in [0.25, 0.3) is 0 Å². The van der Waals surface area contributed by atoms with Crippen molar-refractivity contribution in [3.8, 4) is 0 Å². The molecular weight excluding hydrogens is 195 g/mol. The lowest BCUT2D eigenvalue weighted by atomic mass is 10.0. The zero-order chi connectivity index (χ0) is 10.7. The summed E-state index contributed by atoms with van der Waals surface area (Å²) in [6.45, 7) is -0.265. The molecule has 1 rings (SSSR count). The maximum absolute atomic E-state index is 13.1. The average molecular weight is 205 g/mol. The van der Waals surface area contributed by atoms with Crippen LogP contribution in [0, 0.1) is 17.5 Å². The van der Waals surface area contributed by atoms with E-state index in [1.54, 1.807) is 0 Å². The summed E-state index contributed by atoms with van der Waals surface area (Å²) in [6, 6.07) is 0.383. The molecule has 1 atom stereocenters. The van der Waals surface area contributed by atoms with Crippen LogP contribution in [-0.4, -0.2) is 11.7 Å². The third-order valence-electron chi connectivity index (χ3n) is 1.86. The third kappa shape index (κ3) is 2.24. The summed E-state index contributed by atoms with van der Waals surface area (Å²) in [5.41, 5.74) is 5.16. The number of aliphatic hydroxyl groups excluding tert-OH is 1. The normalized spacial score (nSPS) is 12.9. The van der Waals surface area contributed by atoms with Gasteiger partial charge in [-0.25, -0.2) is 13.2 Å². The van der Waals surface area contributed by atoms with Crippen molar-refractivity contribution in [2.75, 3.05) is 6.61 Å². The second-order valence-electron chi connectivity index (χ2n) is 2.91. The summed E-state index contributed by atoms with van der Waals surface area (Å²) in [6.07, 6.45) is 0.0554. The van der Waals surface area contributed by atoms with E-state index in [1.807, 2.05) is 0 Å². The van der Waals surface area contributed by atoms with Gasteiger partial charge in [-0.15, -0.1) is 0 Å². The first kappa shape index (κ1) is 11.0. The van der Waals surface area contributed by atoms with Crippen molar-refractivity contribution in [3.05, 3.63) is 35.1 Å². The van der Waals surface area contributed by atoms with Gasteiger partial charge in [0.1, 0.15) is 5.82 Å². The third-order valence-corrected chi connectivity index (χ3v) is 1.86. The molecule has 0 spiro atoms. The maximum atomic E-state index is 13.1. The molecule has 0 aromatic heterocycles. The van der Waals surface area contributed by atoms with Gasteiger partial charge in [0.15, 0.2) is 11.6 Å². The van der Waals surface area contributed by atoms with E-state index in [0.717, 1.165) is 6.07 Å². The highest BCUT2D eigenvalue weighted by molar-refractivity contribution is 5.23. The molecule has 1 aromatic rings. The summed E-state index contributed by atoms with van der Waals surface area (Å²) < 4.78 is 38.4. The molecule has 5 heteroatoms. The van der Waals surface area contributed by atoms with Crippen LogP contribution in [0.4, 0.5) is 13.2 Å². The van der Waals surface area contributed by atoms with E-state index in [0.29, 0.717) is 6.07 Å². The largest absolute Gasteiger partial charge is 0.396 e. The molecule has 0 aliphatic rings. The molecule has 3 N–H and O–H groups in total. The van der Waals surface area contributed by atoms with Gasteiger partial charge < -0.3 is 10.8 Å². The standard InChI is InChI=1S/C9H10F3NO/c10-5-3-6(8(13)1-2-14)9(12)7(11)4-5/h3-4,8,14H,1-2,13H2/t8-/m1/s1. The molecule has 0 fully saturated rings. The molecule has 0 bridgehead atoms. The predicted molar refractivity (Wildman–Crippen MR) is 44.9 cm³/mol. The van der Waals surface area contributed by atoms with Crippen LogP contribution in [0.1, 0.15) is 18.0 Å². The van der Waals surface area contributed by atoms with Crippen molar-refractivity contribution in [2.24, 2.45) is 5.73 Å². The number of benzene rings is 1. The van der Waals surface area contributed by atoms with Crippen LogP contribution in [-0.2, 0) is 0 Å². The SMILES string of the molecule is N[C@H](CCO)c1cc(F)cc(F)c1F. The topological polar surface area (TPSA) is 46.2 Å². The van der Waals surface area contributed by atoms with Gasteiger partial charge in [-0.05, 0) is 12.5 Å². The second kappa shape index (κ2) is 4.43. The van der Waals surface area contributed by atoms with E-state index >= 15 is 0 Å². The van der Waals surface area contributed by atoms with Gasteiger partial charge in [-0.1, -0.05) is 0 Å². The van der Waals surface area contributed by atoms with Crippen LogP contribution in [0.2, 0.25) is 0 Å². The molecule has 0 saturated heterocycles. The Morgan fingerprint density at radius 2 is 1.93 bits per heavy atom. The van der Waals surface area contributed by atoms with Gasteiger partial charge in [-0.2, -0.15) is 0 Å². The van der Waals surface area contributed by atoms with E-state index in [2.05, 4.69) is 0 Å². The van der Waals surface area contributed by atoms with Gasteiger partial charge in [0.25, 0.3) is 0 Å². The van der Waals surface area contributed by atoms with Crippen LogP contribution in [0.3, 0.4) is 0 Å². The van der Waals surface area contributed by atoms with Crippen LogP contribution >= 0.6 is 0 Å². The van der Waals surface area contributed by atoms with Gasteiger partial charge in [0.2, 0.25) is 0 Å². The number of aliphatic hydroxyl groups is 1.